The molecule has 9 heteroatoms. The minimum absolute atomic E-state index is 0.00882. The highest BCUT2D eigenvalue weighted by molar-refractivity contribution is 5.95. The van der Waals surface area contributed by atoms with Crippen LogP contribution in [0.1, 0.15) is 44.2 Å². The lowest BCUT2D eigenvalue weighted by Gasteiger charge is -2.41. The third-order valence-corrected chi connectivity index (χ3v) is 5.90. The number of carbonyl (C=O) groups is 2. The molecule has 1 saturated heterocycles. The highest BCUT2D eigenvalue weighted by Crippen LogP contribution is 2.41. The Balaban J connectivity index is 1.94. The summed E-state index contributed by atoms with van der Waals surface area (Å²) >= 11 is 0. The van der Waals surface area contributed by atoms with E-state index in [1.807, 2.05) is 25.1 Å². The summed E-state index contributed by atoms with van der Waals surface area (Å²) in [6, 6.07) is 11.1. The number of anilines is 1. The first-order chi connectivity index (χ1) is 16.4. The number of alkyl halides is 2. The Labute approximate surface area is 198 Å². The number of benzene rings is 2. The molecule has 1 aliphatic rings. The van der Waals surface area contributed by atoms with Crippen LogP contribution in [0, 0.1) is 5.92 Å². The molecule has 1 aliphatic heterocycles. The fourth-order valence-electron chi connectivity index (χ4n) is 4.29. The predicted molar refractivity (Wildman–Crippen MR) is 123 cm³/mol. The highest BCUT2D eigenvalue weighted by atomic mass is 19.3. The molecule has 2 amide bonds. The topological polar surface area (TPSA) is 77.1 Å². The van der Waals surface area contributed by atoms with Gasteiger partial charge in [-0.3, -0.25) is 9.59 Å². The number of nitrogens with one attached hydrogen (secondary N) is 1. The zero-order valence-electron chi connectivity index (χ0n) is 19.6. The molecular formula is C25H30F2N2O5. The number of para-hydroxylation sites is 1. The van der Waals surface area contributed by atoms with E-state index in [9.17, 15) is 18.4 Å². The van der Waals surface area contributed by atoms with E-state index in [1.165, 1.54) is 19.2 Å². The summed E-state index contributed by atoms with van der Waals surface area (Å²) < 4.78 is 40.7. The number of carbonyl (C=O) groups excluding carboxylic acids is 2. The second-order valence-electron chi connectivity index (χ2n) is 8.01. The second kappa shape index (κ2) is 11.7. The van der Waals surface area contributed by atoms with Crippen LogP contribution < -0.4 is 19.5 Å². The first kappa shape index (κ1) is 25.3. The molecule has 7 nitrogen and oxygen atoms in total. The number of piperidine rings is 1. The summed E-state index contributed by atoms with van der Waals surface area (Å²) in [4.78, 5) is 28.1. The van der Waals surface area contributed by atoms with Crippen molar-refractivity contribution in [2.24, 2.45) is 5.92 Å². The van der Waals surface area contributed by atoms with Gasteiger partial charge in [0.2, 0.25) is 11.8 Å². The van der Waals surface area contributed by atoms with E-state index < -0.39 is 18.6 Å². The predicted octanol–water partition coefficient (Wildman–Crippen LogP) is 5.02. The Kier molecular flexibility index (Phi) is 8.67. The third kappa shape index (κ3) is 5.76. The molecule has 184 valence electrons. The van der Waals surface area contributed by atoms with Crippen LogP contribution in [0.25, 0.3) is 0 Å². The fourth-order valence-corrected chi connectivity index (χ4v) is 4.29. The molecule has 1 N–H and O–H groups in total. The molecular weight excluding hydrogens is 446 g/mol. The van der Waals surface area contributed by atoms with Gasteiger partial charge in [-0.1, -0.05) is 31.5 Å². The maximum absolute atomic E-state index is 13.5. The van der Waals surface area contributed by atoms with Gasteiger partial charge in [0.1, 0.15) is 5.75 Å². The van der Waals surface area contributed by atoms with Gasteiger partial charge < -0.3 is 24.4 Å². The number of hydrogen-bond donors (Lipinski definition) is 1. The van der Waals surface area contributed by atoms with Gasteiger partial charge in [0.05, 0.1) is 26.2 Å². The van der Waals surface area contributed by atoms with Crippen molar-refractivity contribution in [3.8, 4) is 17.2 Å². The summed E-state index contributed by atoms with van der Waals surface area (Å²) in [5.74, 6) is -0.353. The zero-order chi connectivity index (χ0) is 24.7. The van der Waals surface area contributed by atoms with E-state index in [1.54, 1.807) is 24.1 Å². The monoisotopic (exact) mass is 476 g/mol. The maximum Gasteiger partial charge on any atom is 0.387 e. The molecule has 1 heterocycles. The van der Waals surface area contributed by atoms with Crippen LogP contribution in [0.3, 0.4) is 0 Å². The smallest absolute Gasteiger partial charge is 0.387 e. The molecule has 2 aromatic rings. The molecule has 0 spiro atoms. The Hall–Kier alpha value is -3.36. The van der Waals surface area contributed by atoms with Crippen LogP contribution in [0.15, 0.2) is 42.5 Å². The molecule has 2 unspecified atom stereocenters. The van der Waals surface area contributed by atoms with Crippen molar-refractivity contribution >= 4 is 17.5 Å². The minimum Gasteiger partial charge on any atom is -0.496 e. The van der Waals surface area contributed by atoms with Crippen molar-refractivity contribution in [3.05, 3.63) is 48.0 Å². The number of unbranched alkanes of at least 4 members (excludes halogenated alkanes) is 1. The molecule has 0 aromatic heterocycles. The SMILES string of the molecule is CCCCN1C(=O)CCC(C(=O)Nc2ccc(OC)c(OC(F)F)c2)C1c1ccccc1OC. The van der Waals surface area contributed by atoms with Gasteiger partial charge in [0.15, 0.2) is 11.5 Å². The number of hydrogen-bond acceptors (Lipinski definition) is 5. The van der Waals surface area contributed by atoms with Gasteiger partial charge in [0, 0.05) is 30.3 Å². The van der Waals surface area contributed by atoms with Crippen LogP contribution in [0.2, 0.25) is 0 Å². The number of nitrogens with zero attached hydrogens (tertiary/aromatic N) is 1. The third-order valence-electron chi connectivity index (χ3n) is 5.90. The fraction of sp³-hybridized carbons (Fsp3) is 0.440. The summed E-state index contributed by atoms with van der Waals surface area (Å²) in [6.45, 7) is -0.470. The van der Waals surface area contributed by atoms with Gasteiger partial charge >= 0.3 is 6.61 Å². The Bertz CT molecular complexity index is 1000. The van der Waals surface area contributed by atoms with Crippen LogP contribution in [0.4, 0.5) is 14.5 Å². The second-order valence-corrected chi connectivity index (χ2v) is 8.01. The molecule has 1 fully saturated rings. The molecule has 0 aliphatic carbocycles. The van der Waals surface area contributed by atoms with Crippen molar-refractivity contribution in [3.63, 3.8) is 0 Å². The van der Waals surface area contributed by atoms with Crippen molar-refractivity contribution < 1.29 is 32.6 Å². The highest BCUT2D eigenvalue weighted by Gasteiger charge is 2.41. The van der Waals surface area contributed by atoms with Gasteiger partial charge in [-0.15, -0.1) is 0 Å². The Morgan fingerprint density at radius 2 is 1.85 bits per heavy atom. The summed E-state index contributed by atoms with van der Waals surface area (Å²) in [7, 11) is 2.89. The van der Waals surface area contributed by atoms with E-state index in [2.05, 4.69) is 10.1 Å². The lowest BCUT2D eigenvalue weighted by molar-refractivity contribution is -0.142. The molecule has 2 aromatic carbocycles. The average molecular weight is 477 g/mol. The van der Waals surface area contributed by atoms with Crippen LogP contribution in [-0.4, -0.2) is 44.1 Å². The number of halogens is 2. The van der Waals surface area contributed by atoms with Crippen molar-refractivity contribution in [1.29, 1.82) is 0 Å². The van der Waals surface area contributed by atoms with Gasteiger partial charge in [-0.2, -0.15) is 8.78 Å². The quantitative estimate of drug-likeness (QED) is 0.521. The number of likely N-dealkylation sites (tertiary alicyclic amines) is 1. The van der Waals surface area contributed by atoms with Gasteiger partial charge in [0.25, 0.3) is 0 Å². The van der Waals surface area contributed by atoms with Crippen LogP contribution in [-0.2, 0) is 9.59 Å². The average Bonchev–Trinajstić information content (AvgIpc) is 2.82. The van der Waals surface area contributed by atoms with E-state index in [0.717, 1.165) is 18.4 Å². The number of amides is 2. The minimum atomic E-state index is -3.04. The molecule has 0 saturated carbocycles. The van der Waals surface area contributed by atoms with E-state index in [0.29, 0.717) is 18.7 Å². The van der Waals surface area contributed by atoms with Gasteiger partial charge in [-0.25, -0.2) is 0 Å². The summed E-state index contributed by atoms with van der Waals surface area (Å²) in [6.07, 6.45) is 2.30. The number of rotatable bonds is 10. The summed E-state index contributed by atoms with van der Waals surface area (Å²) in [5, 5.41) is 2.81. The Morgan fingerprint density at radius 3 is 2.53 bits per heavy atom. The van der Waals surface area contributed by atoms with E-state index in [4.69, 9.17) is 9.47 Å². The van der Waals surface area contributed by atoms with Crippen molar-refractivity contribution in [2.75, 3.05) is 26.1 Å². The molecule has 2 atom stereocenters. The lowest BCUT2D eigenvalue weighted by atomic mass is 9.83. The molecule has 0 radical (unpaired) electrons. The standard InChI is InChI=1S/C25H30F2N2O5/c1-4-5-14-29-22(30)13-11-18(23(29)17-8-6-7-9-19(17)32-2)24(31)28-16-10-12-20(33-3)21(15-16)34-25(26)27/h6-10,12,15,18,23,25H,4-5,11,13-14H2,1-3H3,(H,28,31). The zero-order valence-corrected chi connectivity index (χ0v) is 19.6. The molecule has 0 bridgehead atoms. The largest absolute Gasteiger partial charge is 0.496 e. The lowest BCUT2D eigenvalue weighted by Crippen LogP contribution is -2.47. The van der Waals surface area contributed by atoms with Crippen molar-refractivity contribution in [1.82, 2.24) is 4.90 Å². The van der Waals surface area contributed by atoms with Gasteiger partial charge in [-0.05, 0) is 31.0 Å². The Morgan fingerprint density at radius 1 is 1.12 bits per heavy atom. The number of methoxy groups -OCH3 is 2. The first-order valence-electron chi connectivity index (χ1n) is 11.3. The van der Waals surface area contributed by atoms with Crippen LogP contribution in [0.5, 0.6) is 17.2 Å². The van der Waals surface area contributed by atoms with Crippen molar-refractivity contribution in [2.45, 2.75) is 45.3 Å². The number of ether oxygens (including phenoxy) is 3. The maximum atomic E-state index is 13.5. The first-order valence-corrected chi connectivity index (χ1v) is 11.3. The normalized spacial score (nSPS) is 18.1. The summed E-state index contributed by atoms with van der Waals surface area (Å²) in [5.41, 5.74) is 1.04. The molecule has 34 heavy (non-hydrogen) atoms. The van der Waals surface area contributed by atoms with E-state index >= 15 is 0 Å². The van der Waals surface area contributed by atoms with E-state index in [-0.39, 0.29) is 35.4 Å². The van der Waals surface area contributed by atoms with Crippen LogP contribution >= 0.6 is 0 Å². The molecule has 3 rings (SSSR count).